The first-order valence-electron chi connectivity index (χ1n) is 9.16. The average Bonchev–Trinajstić information content (AvgIpc) is 3.15. The SMILES string of the molecule is NC(=O)C[C@H](NC(=O)c1ccc2ccccc2n1)C(=O)NN1CCC[C@H]1C(N)=O. The van der Waals surface area contributed by atoms with E-state index >= 15 is 0 Å². The van der Waals surface area contributed by atoms with Crippen LogP contribution in [-0.4, -0.2) is 52.3 Å². The van der Waals surface area contributed by atoms with Gasteiger partial charge in [0.05, 0.1) is 11.9 Å². The van der Waals surface area contributed by atoms with E-state index in [-0.39, 0.29) is 5.69 Å². The molecule has 0 unspecified atom stereocenters. The van der Waals surface area contributed by atoms with Gasteiger partial charge in [0.2, 0.25) is 11.8 Å². The Morgan fingerprint density at radius 3 is 2.62 bits per heavy atom. The predicted molar refractivity (Wildman–Crippen MR) is 104 cm³/mol. The minimum absolute atomic E-state index is 0.0992. The van der Waals surface area contributed by atoms with Crippen molar-refractivity contribution in [2.75, 3.05) is 6.54 Å². The molecule has 2 heterocycles. The zero-order valence-electron chi connectivity index (χ0n) is 15.6. The third kappa shape index (κ3) is 4.85. The molecule has 1 aromatic carbocycles. The Labute approximate surface area is 166 Å². The molecule has 10 heteroatoms. The van der Waals surface area contributed by atoms with Crippen LogP contribution in [0.15, 0.2) is 36.4 Å². The normalized spacial score (nSPS) is 17.6. The summed E-state index contributed by atoms with van der Waals surface area (Å²) in [5.74, 6) is -2.60. The molecular weight excluding hydrogens is 376 g/mol. The highest BCUT2D eigenvalue weighted by Crippen LogP contribution is 2.15. The van der Waals surface area contributed by atoms with Gasteiger partial charge >= 0.3 is 0 Å². The minimum atomic E-state index is -1.22. The van der Waals surface area contributed by atoms with Crippen LogP contribution in [0.1, 0.15) is 29.8 Å². The van der Waals surface area contributed by atoms with E-state index < -0.39 is 42.1 Å². The number of benzene rings is 1. The highest BCUT2D eigenvalue weighted by atomic mass is 16.2. The number of nitrogens with zero attached hydrogens (tertiary/aromatic N) is 2. The summed E-state index contributed by atoms with van der Waals surface area (Å²) in [5, 5.41) is 4.77. The van der Waals surface area contributed by atoms with E-state index in [9.17, 15) is 19.2 Å². The molecule has 1 fully saturated rings. The topological polar surface area (TPSA) is 161 Å². The van der Waals surface area contributed by atoms with Crippen LogP contribution in [0.4, 0.5) is 0 Å². The van der Waals surface area contributed by atoms with Crippen LogP contribution < -0.4 is 22.2 Å². The number of hydrazine groups is 1. The highest BCUT2D eigenvalue weighted by Gasteiger charge is 2.33. The van der Waals surface area contributed by atoms with Crippen LogP contribution in [0.5, 0.6) is 0 Å². The Bertz CT molecular complexity index is 963. The first-order valence-corrected chi connectivity index (χ1v) is 9.16. The van der Waals surface area contributed by atoms with E-state index in [0.29, 0.717) is 24.9 Å². The molecule has 4 amide bonds. The number of rotatable bonds is 7. The molecule has 0 spiro atoms. The van der Waals surface area contributed by atoms with E-state index in [1.807, 2.05) is 12.1 Å². The van der Waals surface area contributed by atoms with Gasteiger partial charge in [-0.3, -0.25) is 24.6 Å². The van der Waals surface area contributed by atoms with Gasteiger partial charge in [-0.15, -0.1) is 0 Å². The second-order valence-corrected chi connectivity index (χ2v) is 6.82. The zero-order chi connectivity index (χ0) is 21.0. The van der Waals surface area contributed by atoms with Crippen LogP contribution in [-0.2, 0) is 14.4 Å². The van der Waals surface area contributed by atoms with Crippen molar-refractivity contribution >= 4 is 34.5 Å². The van der Waals surface area contributed by atoms with Crippen LogP contribution >= 0.6 is 0 Å². The first-order chi connectivity index (χ1) is 13.8. The van der Waals surface area contributed by atoms with Crippen molar-refractivity contribution in [3.8, 4) is 0 Å². The van der Waals surface area contributed by atoms with Crippen molar-refractivity contribution in [2.45, 2.75) is 31.3 Å². The zero-order valence-corrected chi connectivity index (χ0v) is 15.6. The summed E-state index contributed by atoms with van der Waals surface area (Å²) >= 11 is 0. The Kier molecular flexibility index (Phi) is 6.03. The maximum atomic E-state index is 12.6. The molecule has 3 rings (SSSR count). The second kappa shape index (κ2) is 8.65. The van der Waals surface area contributed by atoms with Crippen LogP contribution in [0.2, 0.25) is 0 Å². The lowest BCUT2D eigenvalue weighted by Gasteiger charge is -2.25. The van der Waals surface area contributed by atoms with Gasteiger partial charge in [0.1, 0.15) is 17.8 Å². The Morgan fingerprint density at radius 1 is 1.14 bits per heavy atom. The summed E-state index contributed by atoms with van der Waals surface area (Å²) in [7, 11) is 0. The lowest BCUT2D eigenvalue weighted by atomic mass is 10.1. The average molecular weight is 398 g/mol. The lowest BCUT2D eigenvalue weighted by molar-refractivity contribution is -0.133. The van der Waals surface area contributed by atoms with Crippen molar-refractivity contribution in [2.24, 2.45) is 11.5 Å². The molecule has 1 aliphatic rings. The third-order valence-corrected chi connectivity index (χ3v) is 4.69. The summed E-state index contributed by atoms with van der Waals surface area (Å²) in [6.07, 6.45) is 0.797. The van der Waals surface area contributed by atoms with Crippen molar-refractivity contribution < 1.29 is 19.2 Å². The number of nitrogens with two attached hydrogens (primary N) is 2. The predicted octanol–water partition coefficient (Wildman–Crippen LogP) is -0.810. The van der Waals surface area contributed by atoms with E-state index in [1.54, 1.807) is 18.2 Å². The van der Waals surface area contributed by atoms with Crippen molar-refractivity contribution in [1.82, 2.24) is 20.7 Å². The van der Waals surface area contributed by atoms with Crippen molar-refractivity contribution in [3.63, 3.8) is 0 Å². The first kappa shape index (κ1) is 20.2. The van der Waals surface area contributed by atoms with E-state index in [1.165, 1.54) is 11.1 Å². The van der Waals surface area contributed by atoms with Gasteiger partial charge in [-0.2, -0.15) is 0 Å². The third-order valence-electron chi connectivity index (χ3n) is 4.69. The molecular formula is C19H22N6O4. The lowest BCUT2D eigenvalue weighted by Crippen LogP contribution is -2.56. The van der Waals surface area contributed by atoms with Gasteiger partial charge in [-0.05, 0) is 25.0 Å². The summed E-state index contributed by atoms with van der Waals surface area (Å²) in [6.45, 7) is 0.433. The van der Waals surface area contributed by atoms with E-state index in [0.717, 1.165) is 5.39 Å². The van der Waals surface area contributed by atoms with Gasteiger partial charge < -0.3 is 16.8 Å². The van der Waals surface area contributed by atoms with E-state index in [2.05, 4.69) is 15.7 Å². The van der Waals surface area contributed by atoms with Gasteiger partial charge in [-0.25, -0.2) is 9.99 Å². The quantitative estimate of drug-likeness (QED) is 0.477. The number of aromatic nitrogens is 1. The fraction of sp³-hybridized carbons (Fsp3) is 0.316. The number of fused-ring (bicyclic) bond motifs is 1. The molecule has 1 aliphatic heterocycles. The van der Waals surface area contributed by atoms with Gasteiger partial charge in [0.15, 0.2) is 0 Å². The molecule has 1 aromatic heterocycles. The summed E-state index contributed by atoms with van der Waals surface area (Å²) in [5.41, 5.74) is 13.8. The molecule has 6 N–H and O–H groups in total. The molecule has 2 atom stereocenters. The molecule has 0 aliphatic carbocycles. The van der Waals surface area contributed by atoms with Gasteiger partial charge in [0, 0.05) is 11.9 Å². The largest absolute Gasteiger partial charge is 0.370 e. The molecule has 1 saturated heterocycles. The summed E-state index contributed by atoms with van der Waals surface area (Å²) < 4.78 is 0. The molecule has 2 aromatic rings. The monoisotopic (exact) mass is 398 g/mol. The van der Waals surface area contributed by atoms with Crippen LogP contribution in [0.3, 0.4) is 0 Å². The van der Waals surface area contributed by atoms with E-state index in [4.69, 9.17) is 11.5 Å². The Morgan fingerprint density at radius 2 is 1.90 bits per heavy atom. The molecule has 29 heavy (non-hydrogen) atoms. The highest BCUT2D eigenvalue weighted by molar-refractivity contribution is 5.99. The summed E-state index contributed by atoms with van der Waals surface area (Å²) in [4.78, 5) is 52.4. The Hall–Kier alpha value is -3.53. The Balaban J connectivity index is 1.73. The summed E-state index contributed by atoms with van der Waals surface area (Å²) in [6, 6.07) is 8.69. The van der Waals surface area contributed by atoms with Crippen LogP contribution in [0.25, 0.3) is 10.9 Å². The van der Waals surface area contributed by atoms with Crippen LogP contribution in [0, 0.1) is 0 Å². The minimum Gasteiger partial charge on any atom is -0.370 e. The van der Waals surface area contributed by atoms with Gasteiger partial charge in [0.25, 0.3) is 11.8 Å². The van der Waals surface area contributed by atoms with Gasteiger partial charge in [-0.1, -0.05) is 24.3 Å². The fourth-order valence-electron chi connectivity index (χ4n) is 3.25. The maximum Gasteiger partial charge on any atom is 0.270 e. The number of hydrogen-bond acceptors (Lipinski definition) is 6. The van der Waals surface area contributed by atoms with Crippen molar-refractivity contribution in [3.05, 3.63) is 42.1 Å². The number of nitrogens with one attached hydrogen (secondary N) is 2. The number of pyridine rings is 1. The molecule has 0 radical (unpaired) electrons. The molecule has 10 nitrogen and oxygen atoms in total. The second-order valence-electron chi connectivity index (χ2n) is 6.82. The number of amides is 4. The smallest absolute Gasteiger partial charge is 0.270 e. The fourth-order valence-corrected chi connectivity index (χ4v) is 3.25. The molecule has 0 saturated carbocycles. The number of carbonyl (C=O) groups excluding carboxylic acids is 4. The number of para-hydroxylation sites is 1. The number of hydrogen-bond donors (Lipinski definition) is 4. The van der Waals surface area contributed by atoms with Crippen molar-refractivity contribution in [1.29, 1.82) is 0 Å². The maximum absolute atomic E-state index is 12.6. The standard InChI is InChI=1S/C19H22N6O4/c20-16(26)10-14(19(29)24-25-9-3-6-15(25)17(21)27)23-18(28)13-8-7-11-4-1-2-5-12(11)22-13/h1-2,4-5,7-8,14-15H,3,6,9-10H2,(H2,20,26)(H2,21,27)(H,23,28)(H,24,29)/t14-,15-/m0/s1. The molecule has 0 bridgehead atoms. The number of carbonyl (C=O) groups is 4. The molecule has 152 valence electrons. The number of primary amides is 2.